The number of fused-ring (bicyclic) bond motifs is 9. The molecule has 0 unspecified atom stereocenters. The average Bonchev–Trinajstić information content (AvgIpc) is 3.39. The van der Waals surface area contributed by atoms with Crippen LogP contribution in [-0.4, -0.2) is 4.57 Å². The van der Waals surface area contributed by atoms with E-state index in [-0.39, 0.29) is 0 Å². The van der Waals surface area contributed by atoms with Gasteiger partial charge in [0, 0.05) is 21.8 Å². The van der Waals surface area contributed by atoms with Gasteiger partial charge in [-0.15, -0.1) is 0 Å². The van der Waals surface area contributed by atoms with Crippen LogP contribution >= 0.6 is 0 Å². The van der Waals surface area contributed by atoms with E-state index in [0.717, 1.165) is 0 Å². The summed E-state index contributed by atoms with van der Waals surface area (Å²) in [7, 11) is 0. The molecule has 0 fully saturated rings. The van der Waals surface area contributed by atoms with Crippen LogP contribution in [0.15, 0.2) is 152 Å². The third kappa shape index (κ3) is 3.24. The van der Waals surface area contributed by atoms with Crippen molar-refractivity contribution in [3.05, 3.63) is 152 Å². The fourth-order valence-corrected chi connectivity index (χ4v) is 6.94. The topological polar surface area (TPSA) is 4.93 Å². The Morgan fingerprint density at radius 3 is 1.68 bits per heavy atom. The molecule has 0 radical (unpaired) electrons. The molecule has 190 valence electrons. The molecule has 8 aromatic carbocycles. The number of hydrogen-bond acceptors (Lipinski definition) is 0. The summed E-state index contributed by atoms with van der Waals surface area (Å²) < 4.78 is 2.48. The monoisotopic (exact) mass is 519 g/mol. The molecule has 0 amide bonds. The van der Waals surface area contributed by atoms with Crippen molar-refractivity contribution in [2.24, 2.45) is 0 Å². The lowest BCUT2D eigenvalue weighted by molar-refractivity contribution is 1.19. The molecular weight excluding hydrogens is 494 g/mol. The van der Waals surface area contributed by atoms with E-state index in [4.69, 9.17) is 0 Å². The lowest BCUT2D eigenvalue weighted by Crippen LogP contribution is -1.95. The maximum atomic E-state index is 2.48. The van der Waals surface area contributed by atoms with Crippen LogP contribution in [0.4, 0.5) is 0 Å². The predicted octanol–water partition coefficient (Wildman–Crippen LogP) is 11.1. The Hall–Kier alpha value is -5.40. The van der Waals surface area contributed by atoms with E-state index < -0.39 is 0 Å². The van der Waals surface area contributed by atoms with E-state index in [2.05, 4.69) is 156 Å². The molecule has 0 aliphatic carbocycles. The Labute approximate surface area is 237 Å². The first-order valence-corrected chi connectivity index (χ1v) is 14.2. The third-order valence-electron chi connectivity index (χ3n) is 8.71. The summed E-state index contributed by atoms with van der Waals surface area (Å²) in [5, 5.41) is 12.8. The Morgan fingerprint density at radius 2 is 0.951 bits per heavy atom. The minimum Gasteiger partial charge on any atom is -0.309 e. The van der Waals surface area contributed by atoms with Crippen molar-refractivity contribution in [3.63, 3.8) is 0 Å². The first kappa shape index (κ1) is 22.4. The summed E-state index contributed by atoms with van der Waals surface area (Å²) >= 11 is 0. The molecule has 0 saturated heterocycles. The summed E-state index contributed by atoms with van der Waals surface area (Å²) in [5.74, 6) is 0. The van der Waals surface area contributed by atoms with Crippen LogP contribution < -0.4 is 0 Å². The van der Waals surface area contributed by atoms with E-state index in [0.29, 0.717) is 0 Å². The van der Waals surface area contributed by atoms with Crippen molar-refractivity contribution < 1.29 is 0 Å². The van der Waals surface area contributed by atoms with Gasteiger partial charge in [0.1, 0.15) is 0 Å². The second-order valence-corrected chi connectivity index (χ2v) is 10.9. The zero-order chi connectivity index (χ0) is 26.9. The van der Waals surface area contributed by atoms with Crippen molar-refractivity contribution in [1.29, 1.82) is 0 Å². The third-order valence-corrected chi connectivity index (χ3v) is 8.71. The molecule has 1 heterocycles. The molecule has 9 aromatic rings. The summed E-state index contributed by atoms with van der Waals surface area (Å²) in [6, 6.07) is 55.6. The van der Waals surface area contributed by atoms with Crippen molar-refractivity contribution in [2.45, 2.75) is 0 Å². The van der Waals surface area contributed by atoms with Gasteiger partial charge in [0.15, 0.2) is 0 Å². The van der Waals surface area contributed by atoms with E-state index in [1.807, 2.05) is 0 Å². The Kier molecular flexibility index (Phi) is 4.67. The molecule has 9 rings (SSSR count). The van der Waals surface area contributed by atoms with Gasteiger partial charge in [0.2, 0.25) is 0 Å². The van der Waals surface area contributed by atoms with Crippen molar-refractivity contribution in [3.8, 4) is 16.8 Å². The predicted molar refractivity (Wildman–Crippen MR) is 176 cm³/mol. The van der Waals surface area contributed by atoms with Crippen molar-refractivity contribution in [1.82, 2.24) is 4.57 Å². The number of hydrogen-bond donors (Lipinski definition) is 0. The molecular formula is C40H25N. The smallest absolute Gasteiger partial charge is 0.0619 e. The van der Waals surface area contributed by atoms with Crippen molar-refractivity contribution in [2.75, 3.05) is 0 Å². The number of nitrogens with zero attached hydrogens (tertiary/aromatic N) is 1. The average molecular weight is 520 g/mol. The van der Waals surface area contributed by atoms with E-state index >= 15 is 0 Å². The van der Waals surface area contributed by atoms with Crippen LogP contribution in [0.1, 0.15) is 0 Å². The molecule has 1 nitrogen and oxygen atoms in total. The van der Waals surface area contributed by atoms with Crippen LogP contribution in [0, 0.1) is 0 Å². The summed E-state index contributed by atoms with van der Waals surface area (Å²) in [6.07, 6.45) is 0. The molecule has 41 heavy (non-hydrogen) atoms. The summed E-state index contributed by atoms with van der Waals surface area (Å²) in [4.78, 5) is 0. The van der Waals surface area contributed by atoms with Gasteiger partial charge >= 0.3 is 0 Å². The first-order chi connectivity index (χ1) is 20.3. The molecule has 0 spiro atoms. The van der Waals surface area contributed by atoms with E-state index in [1.54, 1.807) is 0 Å². The van der Waals surface area contributed by atoms with E-state index in [1.165, 1.54) is 81.7 Å². The largest absolute Gasteiger partial charge is 0.309 e. The van der Waals surface area contributed by atoms with Gasteiger partial charge in [-0.1, -0.05) is 127 Å². The van der Waals surface area contributed by atoms with E-state index in [9.17, 15) is 0 Å². The summed E-state index contributed by atoms with van der Waals surface area (Å²) in [6.45, 7) is 0. The molecule has 0 N–H and O–H groups in total. The molecule has 1 heteroatoms. The van der Waals surface area contributed by atoms with Crippen LogP contribution in [0.5, 0.6) is 0 Å². The van der Waals surface area contributed by atoms with Gasteiger partial charge in [-0.2, -0.15) is 0 Å². The maximum absolute atomic E-state index is 2.48. The second-order valence-electron chi connectivity index (χ2n) is 10.9. The lowest BCUT2D eigenvalue weighted by Gasteiger charge is -2.15. The fourth-order valence-electron chi connectivity index (χ4n) is 6.94. The molecule has 0 atom stereocenters. The van der Waals surface area contributed by atoms with Gasteiger partial charge in [0.05, 0.1) is 11.0 Å². The zero-order valence-electron chi connectivity index (χ0n) is 22.4. The highest BCUT2D eigenvalue weighted by Crippen LogP contribution is 2.42. The van der Waals surface area contributed by atoms with Gasteiger partial charge in [-0.25, -0.2) is 0 Å². The Bertz CT molecular complexity index is 2420. The van der Waals surface area contributed by atoms with Gasteiger partial charge in [-0.3, -0.25) is 0 Å². The van der Waals surface area contributed by atoms with Crippen LogP contribution in [0.2, 0.25) is 0 Å². The molecule has 0 aliphatic rings. The molecule has 0 aliphatic heterocycles. The normalized spacial score (nSPS) is 11.9. The molecule has 0 bridgehead atoms. The van der Waals surface area contributed by atoms with Gasteiger partial charge < -0.3 is 4.57 Å². The second kappa shape index (κ2) is 8.55. The highest BCUT2D eigenvalue weighted by Gasteiger charge is 2.18. The highest BCUT2D eigenvalue weighted by atomic mass is 15.0. The van der Waals surface area contributed by atoms with Gasteiger partial charge in [0.25, 0.3) is 0 Å². The van der Waals surface area contributed by atoms with Crippen LogP contribution in [0.3, 0.4) is 0 Å². The SMILES string of the molecule is c1cc(-c2c3ccccc3cc3ccccc23)cc(-n2c3ccc4ccccc4c3c3ccc4ccccc4c32)c1. The van der Waals surface area contributed by atoms with Crippen LogP contribution in [-0.2, 0) is 0 Å². The Morgan fingerprint density at radius 1 is 0.366 bits per heavy atom. The zero-order valence-corrected chi connectivity index (χ0v) is 22.4. The maximum Gasteiger partial charge on any atom is 0.0619 e. The standard InChI is InChI=1S/C40H25N/c1-5-16-32-26(10-1)21-23-37-39(32)36-22-20-27-11-2-8-19-35(27)40(36)41(37)31-15-9-14-30(25-31)38-33-17-6-3-12-28(33)24-29-13-4-7-18-34(29)38/h1-25H. The first-order valence-electron chi connectivity index (χ1n) is 14.2. The quantitative estimate of drug-likeness (QED) is 0.200. The highest BCUT2D eigenvalue weighted by molar-refractivity contribution is 6.26. The Balaban J connectivity index is 1.43. The van der Waals surface area contributed by atoms with Crippen molar-refractivity contribution >= 4 is 64.9 Å². The molecule has 1 aromatic heterocycles. The molecule has 0 saturated carbocycles. The fraction of sp³-hybridized carbons (Fsp3) is 0. The number of aromatic nitrogens is 1. The minimum absolute atomic E-state index is 1.17. The number of rotatable bonds is 2. The van der Waals surface area contributed by atoms with Crippen LogP contribution in [0.25, 0.3) is 81.7 Å². The minimum atomic E-state index is 1.17. The number of benzene rings is 8. The summed E-state index contributed by atoms with van der Waals surface area (Å²) in [5.41, 5.74) is 6.18. The lowest BCUT2D eigenvalue weighted by atomic mass is 9.92. The van der Waals surface area contributed by atoms with Gasteiger partial charge in [-0.05, 0) is 73.1 Å².